The molecule has 4 aliphatic carbocycles. The summed E-state index contributed by atoms with van der Waals surface area (Å²) in [6.07, 6.45) is 11.2. The van der Waals surface area contributed by atoms with Crippen molar-refractivity contribution in [1.82, 2.24) is 0 Å². The van der Waals surface area contributed by atoms with Crippen LogP contribution < -0.4 is 0 Å². The van der Waals surface area contributed by atoms with E-state index in [1.165, 1.54) is 25.7 Å². The van der Waals surface area contributed by atoms with Crippen LogP contribution in [0.2, 0.25) is 0 Å². The highest BCUT2D eigenvalue weighted by Crippen LogP contribution is 2.66. The quantitative estimate of drug-likeness (QED) is 0.663. The van der Waals surface area contributed by atoms with Crippen molar-refractivity contribution in [2.24, 2.45) is 28.6 Å². The second-order valence-electron chi connectivity index (χ2n) is 9.42. The number of rotatable bonds is 0. The van der Waals surface area contributed by atoms with Crippen LogP contribution in [-0.2, 0) is 0 Å². The normalized spacial score (nSPS) is 57.6. The molecular weight excluding hydrogens is 272 g/mol. The molecule has 0 spiro atoms. The molecule has 0 aromatic heterocycles. The lowest BCUT2D eigenvalue weighted by molar-refractivity contribution is -0.115. The molecule has 22 heavy (non-hydrogen) atoms. The molecule has 2 heteroatoms. The summed E-state index contributed by atoms with van der Waals surface area (Å²) in [5, 5.41) is 21.0. The minimum absolute atomic E-state index is 0.114. The summed E-state index contributed by atoms with van der Waals surface area (Å²) in [6.45, 7) is 6.90. The van der Waals surface area contributed by atoms with Crippen molar-refractivity contribution >= 4 is 0 Å². The first kappa shape index (κ1) is 15.2. The number of allylic oxidation sites excluding steroid dienone is 1. The summed E-state index contributed by atoms with van der Waals surface area (Å²) in [5.74, 6) is 2.20. The maximum absolute atomic E-state index is 10.9. The second kappa shape index (κ2) is 4.60. The first-order valence-corrected chi connectivity index (χ1v) is 9.38. The zero-order valence-electron chi connectivity index (χ0n) is 14.4. The first-order chi connectivity index (χ1) is 10.3. The van der Waals surface area contributed by atoms with Gasteiger partial charge in [0.1, 0.15) is 0 Å². The van der Waals surface area contributed by atoms with Crippen molar-refractivity contribution in [2.75, 3.05) is 0 Å². The highest BCUT2D eigenvalue weighted by molar-refractivity contribution is 5.26. The van der Waals surface area contributed by atoms with Crippen LogP contribution in [0.4, 0.5) is 0 Å². The Bertz CT molecular complexity index is 508. The fraction of sp³-hybridized carbons (Fsp3) is 0.900. The van der Waals surface area contributed by atoms with E-state index in [4.69, 9.17) is 0 Å². The Kier molecular flexibility index (Phi) is 3.18. The standard InChI is InChI=1S/C20H32O2/c1-18-9-6-14(21)12-13(18)4-5-15-16(18)7-10-19(2)17(15)8-11-20(19,3)22/h4,14-17,21-22H,5-12H2,1-3H3/t14-,15+,16?,17?,18-,19-,20-/m0/s1. The summed E-state index contributed by atoms with van der Waals surface area (Å²) < 4.78 is 0. The fourth-order valence-electron chi connectivity index (χ4n) is 6.89. The lowest BCUT2D eigenvalue weighted by Gasteiger charge is -2.58. The van der Waals surface area contributed by atoms with Gasteiger partial charge in [-0.2, -0.15) is 0 Å². The number of aliphatic hydroxyl groups excluding tert-OH is 1. The van der Waals surface area contributed by atoms with Gasteiger partial charge in [-0.25, -0.2) is 0 Å². The minimum atomic E-state index is -0.476. The van der Waals surface area contributed by atoms with Gasteiger partial charge < -0.3 is 10.2 Å². The van der Waals surface area contributed by atoms with E-state index in [2.05, 4.69) is 26.8 Å². The minimum Gasteiger partial charge on any atom is -0.393 e. The monoisotopic (exact) mass is 304 g/mol. The number of hydrogen-bond donors (Lipinski definition) is 2. The van der Waals surface area contributed by atoms with E-state index in [0.29, 0.717) is 11.3 Å². The topological polar surface area (TPSA) is 40.5 Å². The third-order valence-corrected chi connectivity index (χ3v) is 8.64. The lowest BCUT2D eigenvalue weighted by Crippen LogP contribution is -2.53. The molecule has 0 aromatic carbocycles. The molecule has 2 nitrogen and oxygen atoms in total. The van der Waals surface area contributed by atoms with Crippen molar-refractivity contribution in [3.05, 3.63) is 11.6 Å². The van der Waals surface area contributed by atoms with Crippen LogP contribution in [0.15, 0.2) is 11.6 Å². The van der Waals surface area contributed by atoms with Gasteiger partial charge in [0.05, 0.1) is 11.7 Å². The Labute approximate surface area is 135 Å². The molecule has 124 valence electrons. The summed E-state index contributed by atoms with van der Waals surface area (Å²) in [5.41, 5.74) is 1.50. The first-order valence-electron chi connectivity index (χ1n) is 9.38. The van der Waals surface area contributed by atoms with Gasteiger partial charge in [-0.1, -0.05) is 25.5 Å². The van der Waals surface area contributed by atoms with E-state index in [-0.39, 0.29) is 11.5 Å². The van der Waals surface area contributed by atoms with Crippen LogP contribution in [0.5, 0.6) is 0 Å². The van der Waals surface area contributed by atoms with Crippen LogP contribution in [0, 0.1) is 28.6 Å². The van der Waals surface area contributed by atoms with Crippen molar-refractivity contribution in [1.29, 1.82) is 0 Å². The molecule has 4 rings (SSSR count). The Morgan fingerprint density at radius 1 is 1.00 bits per heavy atom. The molecule has 4 aliphatic rings. The van der Waals surface area contributed by atoms with E-state index in [1.54, 1.807) is 5.57 Å². The van der Waals surface area contributed by atoms with Crippen molar-refractivity contribution in [3.63, 3.8) is 0 Å². The van der Waals surface area contributed by atoms with E-state index in [0.717, 1.165) is 37.5 Å². The van der Waals surface area contributed by atoms with Crippen LogP contribution >= 0.6 is 0 Å². The summed E-state index contributed by atoms with van der Waals surface area (Å²) in [6, 6.07) is 0. The van der Waals surface area contributed by atoms with Crippen molar-refractivity contribution in [2.45, 2.75) is 83.8 Å². The zero-order chi connectivity index (χ0) is 15.8. The third-order valence-electron chi connectivity index (χ3n) is 8.64. The van der Waals surface area contributed by atoms with E-state index in [1.807, 2.05) is 0 Å². The summed E-state index contributed by atoms with van der Waals surface area (Å²) in [7, 11) is 0. The van der Waals surface area contributed by atoms with Gasteiger partial charge in [-0.05, 0) is 86.9 Å². The van der Waals surface area contributed by atoms with E-state index in [9.17, 15) is 10.2 Å². The fourth-order valence-corrected chi connectivity index (χ4v) is 6.89. The van der Waals surface area contributed by atoms with Crippen LogP contribution in [-0.4, -0.2) is 21.9 Å². The maximum Gasteiger partial charge on any atom is 0.0675 e. The number of fused-ring (bicyclic) bond motifs is 5. The van der Waals surface area contributed by atoms with Gasteiger partial charge in [-0.3, -0.25) is 0 Å². The largest absolute Gasteiger partial charge is 0.393 e. The molecule has 0 bridgehead atoms. The molecule has 7 atom stereocenters. The maximum atomic E-state index is 10.9. The Morgan fingerprint density at radius 3 is 2.50 bits per heavy atom. The molecule has 3 saturated carbocycles. The lowest BCUT2D eigenvalue weighted by atomic mass is 9.47. The predicted octanol–water partition coefficient (Wildman–Crippen LogP) is 4.06. The highest BCUT2D eigenvalue weighted by Gasteiger charge is 2.61. The van der Waals surface area contributed by atoms with Gasteiger partial charge in [0.25, 0.3) is 0 Å². The Balaban J connectivity index is 1.69. The van der Waals surface area contributed by atoms with E-state index >= 15 is 0 Å². The van der Waals surface area contributed by atoms with Gasteiger partial charge in [0.2, 0.25) is 0 Å². The van der Waals surface area contributed by atoms with Crippen LogP contribution in [0.1, 0.15) is 72.1 Å². The van der Waals surface area contributed by atoms with Crippen LogP contribution in [0.25, 0.3) is 0 Å². The average Bonchev–Trinajstić information content (AvgIpc) is 2.70. The molecule has 0 aromatic rings. The number of aliphatic hydroxyl groups is 2. The van der Waals surface area contributed by atoms with Gasteiger partial charge in [-0.15, -0.1) is 0 Å². The van der Waals surface area contributed by atoms with Gasteiger partial charge in [0.15, 0.2) is 0 Å². The molecule has 2 N–H and O–H groups in total. The summed E-state index contributed by atoms with van der Waals surface area (Å²) in [4.78, 5) is 0. The Morgan fingerprint density at radius 2 is 1.73 bits per heavy atom. The average molecular weight is 304 g/mol. The third kappa shape index (κ3) is 1.80. The zero-order valence-corrected chi connectivity index (χ0v) is 14.4. The molecule has 0 aliphatic heterocycles. The molecule has 2 unspecified atom stereocenters. The molecule has 0 amide bonds. The van der Waals surface area contributed by atoms with E-state index < -0.39 is 5.60 Å². The van der Waals surface area contributed by atoms with Crippen molar-refractivity contribution < 1.29 is 10.2 Å². The van der Waals surface area contributed by atoms with Crippen LogP contribution in [0.3, 0.4) is 0 Å². The Hall–Kier alpha value is -0.340. The highest BCUT2D eigenvalue weighted by atomic mass is 16.3. The number of hydrogen-bond acceptors (Lipinski definition) is 2. The smallest absolute Gasteiger partial charge is 0.0675 e. The second-order valence-corrected chi connectivity index (χ2v) is 9.42. The molecule has 3 fully saturated rings. The molecule has 0 radical (unpaired) electrons. The molecular formula is C20H32O2. The SMILES string of the molecule is C[C@]12CC[C@H](O)CC1=CC[C@@H]1C2CC[C@@]2(C)C1CC[C@]2(C)O. The molecule has 0 heterocycles. The van der Waals surface area contributed by atoms with Gasteiger partial charge in [0, 0.05) is 0 Å². The summed E-state index contributed by atoms with van der Waals surface area (Å²) >= 11 is 0. The molecule has 0 saturated heterocycles. The predicted molar refractivity (Wildman–Crippen MR) is 88.3 cm³/mol. The van der Waals surface area contributed by atoms with Crippen molar-refractivity contribution in [3.8, 4) is 0 Å². The van der Waals surface area contributed by atoms with Gasteiger partial charge >= 0.3 is 0 Å².